The lowest BCUT2D eigenvalue weighted by Gasteiger charge is -2.06. The Morgan fingerprint density at radius 1 is 1.00 bits per heavy atom. The molecule has 2 N–H and O–H groups in total. The number of carbonyl (C=O) groups excluding carboxylic acids is 1. The van der Waals surface area contributed by atoms with E-state index < -0.39 is 0 Å². The third kappa shape index (κ3) is 6.52. The lowest BCUT2D eigenvalue weighted by molar-refractivity contribution is -0.115. The second-order valence-corrected chi connectivity index (χ2v) is 3.84. The molecule has 1 heterocycles. The zero-order valence-electron chi connectivity index (χ0n) is 10.8. The van der Waals surface area contributed by atoms with Gasteiger partial charge < -0.3 is 10.6 Å². The fourth-order valence-electron chi connectivity index (χ4n) is 1.53. The van der Waals surface area contributed by atoms with Crippen LogP contribution in [0.4, 0.5) is 5.69 Å². The Bertz CT molecular complexity index is 494. The van der Waals surface area contributed by atoms with Crippen LogP contribution in [0.2, 0.25) is 0 Å². The van der Waals surface area contributed by atoms with E-state index in [-0.39, 0.29) is 37.3 Å². The fraction of sp³-hybridized carbons (Fsp3) is 0.143. The van der Waals surface area contributed by atoms with Gasteiger partial charge >= 0.3 is 0 Å². The van der Waals surface area contributed by atoms with E-state index in [0.29, 0.717) is 6.54 Å². The molecule has 0 spiro atoms. The Labute approximate surface area is 130 Å². The molecule has 0 radical (unpaired) electrons. The molecule has 0 unspecified atom stereocenters. The highest BCUT2D eigenvalue weighted by molar-refractivity contribution is 5.92. The number of hydrogen-bond donors (Lipinski definition) is 2. The van der Waals surface area contributed by atoms with E-state index in [1.54, 1.807) is 6.20 Å². The van der Waals surface area contributed by atoms with E-state index in [2.05, 4.69) is 15.6 Å². The molecule has 0 saturated heterocycles. The van der Waals surface area contributed by atoms with Crippen molar-refractivity contribution in [3.63, 3.8) is 0 Å². The van der Waals surface area contributed by atoms with Crippen molar-refractivity contribution >= 4 is 36.4 Å². The van der Waals surface area contributed by atoms with Crippen LogP contribution in [0, 0.1) is 0 Å². The van der Waals surface area contributed by atoms with Crippen LogP contribution < -0.4 is 10.6 Å². The van der Waals surface area contributed by atoms with Crippen molar-refractivity contribution in [1.29, 1.82) is 0 Å². The van der Waals surface area contributed by atoms with E-state index in [0.717, 1.165) is 11.4 Å². The Hall–Kier alpha value is -1.62. The molecule has 20 heavy (non-hydrogen) atoms. The first-order chi connectivity index (χ1) is 8.84. The number of aromatic nitrogens is 1. The molecule has 0 aliphatic heterocycles. The minimum absolute atomic E-state index is 0. The minimum atomic E-state index is -0.0582. The van der Waals surface area contributed by atoms with Gasteiger partial charge in [-0.25, -0.2) is 0 Å². The molecule has 2 aromatic rings. The summed E-state index contributed by atoms with van der Waals surface area (Å²) >= 11 is 0. The van der Waals surface area contributed by atoms with Crippen molar-refractivity contribution < 1.29 is 4.79 Å². The van der Waals surface area contributed by atoms with Crippen LogP contribution in [0.15, 0.2) is 54.7 Å². The van der Waals surface area contributed by atoms with Gasteiger partial charge in [0.2, 0.25) is 5.91 Å². The average Bonchev–Trinajstić information content (AvgIpc) is 2.41. The monoisotopic (exact) mass is 313 g/mol. The molecule has 6 heteroatoms. The summed E-state index contributed by atoms with van der Waals surface area (Å²) < 4.78 is 0. The van der Waals surface area contributed by atoms with Crippen LogP contribution in [-0.2, 0) is 11.3 Å². The Balaban J connectivity index is 0.00000180. The number of rotatable bonds is 5. The van der Waals surface area contributed by atoms with Gasteiger partial charge in [-0.2, -0.15) is 0 Å². The first kappa shape index (κ1) is 18.4. The molecule has 2 rings (SSSR count). The summed E-state index contributed by atoms with van der Waals surface area (Å²) in [5.74, 6) is -0.0582. The molecule has 0 aliphatic carbocycles. The maximum atomic E-state index is 11.6. The predicted molar refractivity (Wildman–Crippen MR) is 85.5 cm³/mol. The van der Waals surface area contributed by atoms with Crippen LogP contribution in [0.5, 0.6) is 0 Å². The second kappa shape index (κ2) is 10.2. The summed E-state index contributed by atoms with van der Waals surface area (Å²) in [6.07, 6.45) is 1.74. The van der Waals surface area contributed by atoms with Crippen molar-refractivity contribution in [2.75, 3.05) is 11.9 Å². The number of carbonyl (C=O) groups is 1. The second-order valence-electron chi connectivity index (χ2n) is 3.84. The van der Waals surface area contributed by atoms with Crippen LogP contribution in [0.25, 0.3) is 0 Å². The van der Waals surface area contributed by atoms with E-state index in [9.17, 15) is 4.79 Å². The van der Waals surface area contributed by atoms with E-state index in [1.165, 1.54) is 0 Å². The summed E-state index contributed by atoms with van der Waals surface area (Å²) in [5, 5.41) is 5.85. The SMILES string of the molecule is Cl.Cl.O=C(CNCc1ccccn1)Nc1ccccc1. The zero-order valence-corrected chi connectivity index (χ0v) is 12.4. The molecule has 1 aromatic heterocycles. The average molecular weight is 314 g/mol. The summed E-state index contributed by atoms with van der Waals surface area (Å²) in [7, 11) is 0. The molecule has 0 atom stereocenters. The Morgan fingerprint density at radius 3 is 2.35 bits per heavy atom. The summed E-state index contributed by atoms with van der Waals surface area (Å²) in [5.41, 5.74) is 1.73. The highest BCUT2D eigenvalue weighted by atomic mass is 35.5. The van der Waals surface area contributed by atoms with Crippen LogP contribution in [0.3, 0.4) is 0 Å². The normalized spacial score (nSPS) is 9.00. The quantitative estimate of drug-likeness (QED) is 0.892. The van der Waals surface area contributed by atoms with Gasteiger partial charge in [0, 0.05) is 18.4 Å². The molecule has 0 bridgehead atoms. The molecule has 1 aromatic carbocycles. The number of pyridine rings is 1. The van der Waals surface area contributed by atoms with Crippen molar-refractivity contribution in [1.82, 2.24) is 10.3 Å². The van der Waals surface area contributed by atoms with Gasteiger partial charge in [0.1, 0.15) is 0 Å². The molecular formula is C14H17Cl2N3O. The van der Waals surface area contributed by atoms with Crippen LogP contribution >= 0.6 is 24.8 Å². The van der Waals surface area contributed by atoms with Gasteiger partial charge in [-0.15, -0.1) is 24.8 Å². The molecule has 0 saturated carbocycles. The van der Waals surface area contributed by atoms with Crippen molar-refractivity contribution in [3.05, 3.63) is 60.4 Å². The smallest absolute Gasteiger partial charge is 0.238 e. The van der Waals surface area contributed by atoms with Crippen molar-refractivity contribution in [2.45, 2.75) is 6.54 Å². The standard InChI is InChI=1S/C14H15N3O.2ClH/c18-14(17-12-6-2-1-3-7-12)11-15-10-13-8-4-5-9-16-13;;/h1-9,15H,10-11H2,(H,17,18);2*1H. The summed E-state index contributed by atoms with van der Waals surface area (Å²) in [4.78, 5) is 15.8. The first-order valence-corrected chi connectivity index (χ1v) is 5.80. The Morgan fingerprint density at radius 2 is 1.70 bits per heavy atom. The van der Waals surface area contributed by atoms with Gasteiger partial charge in [-0.1, -0.05) is 24.3 Å². The predicted octanol–water partition coefficient (Wildman–Crippen LogP) is 2.65. The maximum Gasteiger partial charge on any atom is 0.238 e. The fourth-order valence-corrected chi connectivity index (χ4v) is 1.53. The van der Waals surface area contributed by atoms with E-state index >= 15 is 0 Å². The van der Waals surface area contributed by atoms with Crippen molar-refractivity contribution in [2.24, 2.45) is 0 Å². The number of hydrogen-bond acceptors (Lipinski definition) is 3. The maximum absolute atomic E-state index is 11.6. The number of halogens is 2. The van der Waals surface area contributed by atoms with E-state index in [1.807, 2.05) is 48.5 Å². The topological polar surface area (TPSA) is 54.0 Å². The number of para-hydroxylation sites is 1. The molecular weight excluding hydrogens is 297 g/mol. The first-order valence-electron chi connectivity index (χ1n) is 5.80. The lowest BCUT2D eigenvalue weighted by Crippen LogP contribution is -2.27. The van der Waals surface area contributed by atoms with Gasteiger partial charge in [-0.3, -0.25) is 9.78 Å². The number of benzene rings is 1. The van der Waals surface area contributed by atoms with Gasteiger partial charge in [0.15, 0.2) is 0 Å². The molecule has 4 nitrogen and oxygen atoms in total. The van der Waals surface area contributed by atoms with Crippen LogP contribution in [-0.4, -0.2) is 17.4 Å². The number of anilines is 1. The van der Waals surface area contributed by atoms with Gasteiger partial charge in [-0.05, 0) is 24.3 Å². The minimum Gasteiger partial charge on any atom is -0.325 e. The molecule has 0 fully saturated rings. The number of nitrogens with one attached hydrogen (secondary N) is 2. The van der Waals surface area contributed by atoms with Gasteiger partial charge in [0.25, 0.3) is 0 Å². The summed E-state index contributed by atoms with van der Waals surface area (Å²) in [6, 6.07) is 15.1. The lowest BCUT2D eigenvalue weighted by atomic mass is 10.3. The highest BCUT2D eigenvalue weighted by Crippen LogP contribution is 2.03. The molecule has 0 aliphatic rings. The highest BCUT2D eigenvalue weighted by Gasteiger charge is 2.01. The zero-order chi connectivity index (χ0) is 12.6. The van der Waals surface area contributed by atoms with E-state index in [4.69, 9.17) is 0 Å². The third-order valence-electron chi connectivity index (χ3n) is 2.38. The summed E-state index contributed by atoms with van der Waals surface area (Å²) in [6.45, 7) is 0.856. The Kier molecular flexibility index (Phi) is 9.38. The largest absolute Gasteiger partial charge is 0.325 e. The number of amides is 1. The third-order valence-corrected chi connectivity index (χ3v) is 2.38. The number of nitrogens with zero attached hydrogens (tertiary/aromatic N) is 1. The van der Waals surface area contributed by atoms with Gasteiger partial charge in [0.05, 0.1) is 12.2 Å². The van der Waals surface area contributed by atoms with Crippen LogP contribution in [0.1, 0.15) is 5.69 Å². The molecule has 108 valence electrons. The van der Waals surface area contributed by atoms with Crippen molar-refractivity contribution in [3.8, 4) is 0 Å². The molecule has 1 amide bonds.